The molecule has 2 N–H and O–H groups in total. The van der Waals surface area contributed by atoms with Crippen LogP contribution >= 0.6 is 15.9 Å². The first-order chi connectivity index (χ1) is 9.22. The molecule has 0 spiro atoms. The summed E-state index contributed by atoms with van der Waals surface area (Å²) in [5.41, 5.74) is 1.44. The minimum atomic E-state index is 0.295. The number of rotatable bonds is 4. The molecule has 3 nitrogen and oxygen atoms in total. The lowest BCUT2D eigenvalue weighted by atomic mass is 9.75. The van der Waals surface area contributed by atoms with Crippen LogP contribution in [0.4, 0.5) is 0 Å². The highest BCUT2D eigenvalue weighted by molar-refractivity contribution is 9.10. The molecular formula is C15H18BrN3. The van der Waals surface area contributed by atoms with Crippen molar-refractivity contribution in [3.8, 4) is 0 Å². The van der Waals surface area contributed by atoms with Crippen LogP contribution in [0.5, 0.6) is 0 Å². The molecule has 3 rings (SSSR count). The van der Waals surface area contributed by atoms with Crippen molar-refractivity contribution in [3.63, 3.8) is 0 Å². The second-order valence-electron chi connectivity index (χ2n) is 5.28. The molecule has 1 aliphatic rings. The van der Waals surface area contributed by atoms with Gasteiger partial charge in [-0.1, -0.05) is 28.1 Å². The molecule has 19 heavy (non-hydrogen) atoms. The topological polar surface area (TPSA) is 40.7 Å². The average Bonchev–Trinajstić information content (AvgIpc) is 2.86. The van der Waals surface area contributed by atoms with Crippen LogP contribution in [-0.2, 0) is 0 Å². The average molecular weight is 320 g/mol. The molecule has 0 radical (unpaired) electrons. The fourth-order valence-electron chi connectivity index (χ4n) is 2.73. The van der Waals surface area contributed by atoms with Crippen molar-refractivity contribution in [2.75, 3.05) is 0 Å². The Morgan fingerprint density at radius 3 is 2.95 bits per heavy atom. The SMILES string of the molecule is CC(NC1CC(c2cccc(Br)c2)C1)c1ncc[nH]1. The van der Waals surface area contributed by atoms with E-state index < -0.39 is 0 Å². The molecule has 2 aromatic rings. The Bertz CT molecular complexity index is 532. The summed E-state index contributed by atoms with van der Waals surface area (Å²) < 4.78 is 1.17. The monoisotopic (exact) mass is 319 g/mol. The third kappa shape index (κ3) is 2.90. The highest BCUT2D eigenvalue weighted by Gasteiger charge is 2.31. The molecule has 1 fully saturated rings. The minimum absolute atomic E-state index is 0.295. The van der Waals surface area contributed by atoms with Gasteiger partial charge in [0.1, 0.15) is 5.82 Å². The van der Waals surface area contributed by atoms with E-state index >= 15 is 0 Å². The largest absolute Gasteiger partial charge is 0.347 e. The predicted molar refractivity (Wildman–Crippen MR) is 80.0 cm³/mol. The first-order valence-corrected chi connectivity index (χ1v) is 7.52. The van der Waals surface area contributed by atoms with Crippen LogP contribution in [0, 0.1) is 0 Å². The van der Waals surface area contributed by atoms with Crippen molar-refractivity contribution in [2.24, 2.45) is 0 Å². The van der Waals surface area contributed by atoms with E-state index in [0.717, 1.165) is 5.82 Å². The van der Waals surface area contributed by atoms with E-state index in [9.17, 15) is 0 Å². The highest BCUT2D eigenvalue weighted by Crippen LogP contribution is 2.38. The van der Waals surface area contributed by atoms with Gasteiger partial charge in [-0.15, -0.1) is 0 Å². The minimum Gasteiger partial charge on any atom is -0.347 e. The van der Waals surface area contributed by atoms with Gasteiger partial charge >= 0.3 is 0 Å². The molecule has 1 atom stereocenters. The fraction of sp³-hybridized carbons (Fsp3) is 0.400. The Morgan fingerprint density at radius 2 is 2.26 bits per heavy atom. The van der Waals surface area contributed by atoms with Gasteiger partial charge in [0.2, 0.25) is 0 Å². The van der Waals surface area contributed by atoms with Gasteiger partial charge in [-0.25, -0.2) is 4.98 Å². The number of nitrogens with one attached hydrogen (secondary N) is 2. The number of nitrogens with zero attached hydrogens (tertiary/aromatic N) is 1. The summed E-state index contributed by atoms with van der Waals surface area (Å²) in [7, 11) is 0. The third-order valence-corrected chi connectivity index (χ3v) is 4.37. The molecule has 0 aliphatic heterocycles. The molecule has 1 unspecified atom stereocenters. The molecule has 4 heteroatoms. The number of aromatic nitrogens is 2. The highest BCUT2D eigenvalue weighted by atomic mass is 79.9. The van der Waals surface area contributed by atoms with Gasteiger partial charge in [-0.2, -0.15) is 0 Å². The fourth-order valence-corrected chi connectivity index (χ4v) is 3.15. The summed E-state index contributed by atoms with van der Waals surface area (Å²) in [6.45, 7) is 2.16. The molecule has 0 amide bonds. The van der Waals surface area contributed by atoms with Crippen LogP contribution in [0.25, 0.3) is 0 Å². The lowest BCUT2D eigenvalue weighted by Crippen LogP contribution is -2.41. The maximum Gasteiger partial charge on any atom is 0.122 e. The molecule has 1 aromatic carbocycles. The van der Waals surface area contributed by atoms with Crippen molar-refractivity contribution in [1.29, 1.82) is 0 Å². The maximum absolute atomic E-state index is 4.29. The zero-order valence-electron chi connectivity index (χ0n) is 10.9. The van der Waals surface area contributed by atoms with Crippen LogP contribution in [0.1, 0.15) is 43.1 Å². The number of aromatic amines is 1. The molecular weight excluding hydrogens is 302 g/mol. The van der Waals surface area contributed by atoms with Crippen LogP contribution in [0.2, 0.25) is 0 Å². The lowest BCUT2D eigenvalue weighted by molar-refractivity contribution is 0.268. The lowest BCUT2D eigenvalue weighted by Gasteiger charge is -2.38. The van der Waals surface area contributed by atoms with Gasteiger partial charge < -0.3 is 10.3 Å². The Kier molecular flexibility index (Phi) is 3.71. The number of hydrogen-bond acceptors (Lipinski definition) is 2. The van der Waals surface area contributed by atoms with Crippen LogP contribution in [0.15, 0.2) is 41.1 Å². The normalized spacial score (nSPS) is 23.9. The number of benzene rings is 1. The summed E-state index contributed by atoms with van der Waals surface area (Å²) >= 11 is 3.54. The zero-order valence-corrected chi connectivity index (χ0v) is 12.5. The van der Waals surface area contributed by atoms with Gasteiger partial charge in [0.15, 0.2) is 0 Å². The van der Waals surface area contributed by atoms with Gasteiger partial charge in [-0.3, -0.25) is 0 Å². The summed E-state index contributed by atoms with van der Waals surface area (Å²) in [5.74, 6) is 1.71. The molecule has 0 saturated heterocycles. The quantitative estimate of drug-likeness (QED) is 0.900. The standard InChI is InChI=1S/C15H18BrN3/c1-10(15-17-5-6-18-15)19-14-8-12(9-14)11-3-2-4-13(16)7-11/h2-7,10,12,14,19H,8-9H2,1H3,(H,17,18). The van der Waals surface area contributed by atoms with Gasteiger partial charge in [0.25, 0.3) is 0 Å². The Labute approximate surface area is 122 Å². The van der Waals surface area contributed by atoms with Crippen molar-refractivity contribution in [1.82, 2.24) is 15.3 Å². The van der Waals surface area contributed by atoms with Crippen molar-refractivity contribution in [2.45, 2.75) is 37.8 Å². The second kappa shape index (κ2) is 5.47. The molecule has 1 aliphatic carbocycles. The number of halogens is 1. The summed E-state index contributed by atoms with van der Waals surface area (Å²) in [4.78, 5) is 7.45. The smallest absolute Gasteiger partial charge is 0.122 e. The van der Waals surface area contributed by atoms with Gasteiger partial charge in [0.05, 0.1) is 6.04 Å². The molecule has 0 bridgehead atoms. The van der Waals surface area contributed by atoms with Crippen molar-refractivity contribution in [3.05, 3.63) is 52.5 Å². The van der Waals surface area contributed by atoms with E-state index in [2.05, 4.69) is 62.4 Å². The Balaban J connectivity index is 1.53. The van der Waals surface area contributed by atoms with Crippen molar-refractivity contribution < 1.29 is 0 Å². The molecule has 1 saturated carbocycles. The Morgan fingerprint density at radius 1 is 1.42 bits per heavy atom. The first-order valence-electron chi connectivity index (χ1n) is 6.73. The van der Waals surface area contributed by atoms with Crippen molar-refractivity contribution >= 4 is 15.9 Å². The van der Waals surface area contributed by atoms with E-state index in [4.69, 9.17) is 0 Å². The van der Waals surface area contributed by atoms with E-state index in [-0.39, 0.29) is 0 Å². The maximum atomic E-state index is 4.29. The van der Waals surface area contributed by atoms with E-state index in [1.807, 2.05) is 6.20 Å². The van der Waals surface area contributed by atoms with Crippen LogP contribution in [-0.4, -0.2) is 16.0 Å². The summed E-state index contributed by atoms with van der Waals surface area (Å²) in [6.07, 6.45) is 6.10. The predicted octanol–water partition coefficient (Wildman–Crippen LogP) is 3.77. The zero-order chi connectivity index (χ0) is 13.2. The van der Waals surface area contributed by atoms with E-state index in [1.165, 1.54) is 22.9 Å². The van der Waals surface area contributed by atoms with Gasteiger partial charge in [0, 0.05) is 22.9 Å². The molecule has 1 heterocycles. The first kappa shape index (κ1) is 12.9. The van der Waals surface area contributed by atoms with Crippen LogP contribution < -0.4 is 5.32 Å². The summed E-state index contributed by atoms with van der Waals surface area (Å²) in [5, 5.41) is 3.63. The summed E-state index contributed by atoms with van der Waals surface area (Å²) in [6, 6.07) is 9.55. The van der Waals surface area contributed by atoms with E-state index in [1.54, 1.807) is 6.20 Å². The molecule has 100 valence electrons. The number of hydrogen-bond donors (Lipinski definition) is 2. The Hall–Kier alpha value is -1.13. The second-order valence-corrected chi connectivity index (χ2v) is 6.20. The third-order valence-electron chi connectivity index (χ3n) is 3.87. The van der Waals surface area contributed by atoms with Gasteiger partial charge in [-0.05, 0) is 43.4 Å². The van der Waals surface area contributed by atoms with Crippen LogP contribution in [0.3, 0.4) is 0 Å². The molecule has 1 aromatic heterocycles. The number of H-pyrrole nitrogens is 1. The van der Waals surface area contributed by atoms with E-state index in [0.29, 0.717) is 18.0 Å². The number of imidazole rings is 1.